The van der Waals surface area contributed by atoms with Crippen molar-refractivity contribution >= 4 is 16.8 Å². The fraction of sp³-hybridized carbons (Fsp3) is 0.438. The minimum Gasteiger partial charge on any atom is -0.493 e. The first kappa shape index (κ1) is 16.0. The predicted octanol–water partition coefficient (Wildman–Crippen LogP) is 2.72. The highest BCUT2D eigenvalue weighted by atomic mass is 16.5. The number of fused-ring (bicyclic) bond motifs is 1. The molecule has 22 heavy (non-hydrogen) atoms. The van der Waals surface area contributed by atoms with E-state index < -0.39 is 0 Å². The third-order valence-electron chi connectivity index (χ3n) is 3.71. The molecule has 1 unspecified atom stereocenters. The topological polar surface area (TPSA) is 72.6 Å². The van der Waals surface area contributed by atoms with Gasteiger partial charge in [0.05, 0.1) is 37.8 Å². The van der Waals surface area contributed by atoms with Gasteiger partial charge in [0.2, 0.25) is 5.75 Å². The number of aromatic amines is 1. The van der Waals surface area contributed by atoms with E-state index in [9.17, 15) is 4.79 Å². The molecule has 2 N–H and O–H groups in total. The lowest BCUT2D eigenvalue weighted by Crippen LogP contribution is -2.31. The lowest BCUT2D eigenvalue weighted by Gasteiger charge is -2.15. The van der Waals surface area contributed by atoms with Gasteiger partial charge in [-0.3, -0.25) is 4.79 Å². The van der Waals surface area contributed by atoms with Crippen molar-refractivity contribution in [3.05, 3.63) is 17.8 Å². The van der Waals surface area contributed by atoms with Crippen LogP contribution in [-0.4, -0.2) is 38.3 Å². The van der Waals surface area contributed by atoms with Gasteiger partial charge in [-0.05, 0) is 13.3 Å². The van der Waals surface area contributed by atoms with Crippen LogP contribution in [0.4, 0.5) is 0 Å². The molecule has 0 aliphatic heterocycles. The predicted molar refractivity (Wildman–Crippen MR) is 85.2 cm³/mol. The monoisotopic (exact) mass is 306 g/mol. The molecule has 6 heteroatoms. The number of ether oxygens (including phenoxy) is 3. The van der Waals surface area contributed by atoms with Crippen LogP contribution in [0, 0.1) is 0 Å². The number of hydrogen-bond acceptors (Lipinski definition) is 4. The lowest BCUT2D eigenvalue weighted by molar-refractivity contribution is 0.0941. The van der Waals surface area contributed by atoms with E-state index in [-0.39, 0.29) is 11.9 Å². The van der Waals surface area contributed by atoms with E-state index in [0.29, 0.717) is 28.2 Å². The molecule has 0 saturated heterocycles. The van der Waals surface area contributed by atoms with Crippen molar-refractivity contribution < 1.29 is 19.0 Å². The molecule has 6 nitrogen and oxygen atoms in total. The molecule has 1 atom stereocenters. The van der Waals surface area contributed by atoms with Gasteiger partial charge in [0.1, 0.15) is 0 Å². The van der Waals surface area contributed by atoms with Crippen molar-refractivity contribution in [3.8, 4) is 17.2 Å². The number of carbonyl (C=O) groups is 1. The Bertz CT molecular complexity index is 678. The molecular weight excluding hydrogens is 284 g/mol. The molecule has 0 fully saturated rings. The summed E-state index contributed by atoms with van der Waals surface area (Å²) in [6.07, 6.45) is 2.53. The first-order valence-corrected chi connectivity index (χ1v) is 7.18. The van der Waals surface area contributed by atoms with Crippen LogP contribution in [0.15, 0.2) is 12.3 Å². The fourth-order valence-electron chi connectivity index (χ4n) is 2.34. The highest BCUT2D eigenvalue weighted by Gasteiger charge is 2.23. The Morgan fingerprint density at radius 3 is 2.45 bits per heavy atom. The average Bonchev–Trinajstić information content (AvgIpc) is 2.96. The smallest absolute Gasteiger partial charge is 0.253 e. The zero-order valence-electron chi connectivity index (χ0n) is 13.6. The van der Waals surface area contributed by atoms with E-state index in [1.807, 2.05) is 13.8 Å². The third-order valence-corrected chi connectivity index (χ3v) is 3.71. The van der Waals surface area contributed by atoms with Crippen LogP contribution >= 0.6 is 0 Å². The fourth-order valence-corrected chi connectivity index (χ4v) is 2.34. The summed E-state index contributed by atoms with van der Waals surface area (Å²) in [5.74, 6) is 1.34. The maximum absolute atomic E-state index is 12.5. The molecule has 0 radical (unpaired) electrons. The molecule has 1 aromatic carbocycles. The number of H-pyrrole nitrogens is 1. The third kappa shape index (κ3) is 2.68. The highest BCUT2D eigenvalue weighted by Crippen LogP contribution is 2.44. The normalized spacial score (nSPS) is 12.0. The van der Waals surface area contributed by atoms with Gasteiger partial charge in [-0.1, -0.05) is 6.92 Å². The summed E-state index contributed by atoms with van der Waals surface area (Å²) in [6, 6.07) is 1.89. The first-order valence-electron chi connectivity index (χ1n) is 7.18. The summed E-state index contributed by atoms with van der Waals surface area (Å²) in [6.45, 7) is 3.99. The van der Waals surface area contributed by atoms with E-state index >= 15 is 0 Å². The molecule has 1 amide bonds. The Kier molecular flexibility index (Phi) is 4.80. The molecule has 2 rings (SSSR count). The summed E-state index contributed by atoms with van der Waals surface area (Å²) in [4.78, 5) is 15.5. The Hall–Kier alpha value is -2.37. The van der Waals surface area contributed by atoms with Crippen LogP contribution in [0.2, 0.25) is 0 Å². The van der Waals surface area contributed by atoms with Crippen LogP contribution in [0.3, 0.4) is 0 Å². The largest absolute Gasteiger partial charge is 0.493 e. The first-order chi connectivity index (χ1) is 10.6. The molecular formula is C16H22N2O4. The number of nitrogens with one attached hydrogen (secondary N) is 2. The second-order valence-corrected chi connectivity index (χ2v) is 5.05. The van der Waals surface area contributed by atoms with Gasteiger partial charge in [0, 0.05) is 18.3 Å². The van der Waals surface area contributed by atoms with Crippen LogP contribution in [0.5, 0.6) is 17.2 Å². The number of amides is 1. The molecule has 0 aliphatic rings. The minimum absolute atomic E-state index is 0.101. The van der Waals surface area contributed by atoms with E-state index in [0.717, 1.165) is 11.9 Å². The van der Waals surface area contributed by atoms with Crippen molar-refractivity contribution in [2.24, 2.45) is 0 Å². The van der Waals surface area contributed by atoms with Gasteiger partial charge in [0.15, 0.2) is 11.5 Å². The second kappa shape index (κ2) is 6.60. The maximum atomic E-state index is 12.5. The Morgan fingerprint density at radius 2 is 1.91 bits per heavy atom. The number of hydrogen-bond donors (Lipinski definition) is 2. The molecule has 2 aromatic rings. The summed E-state index contributed by atoms with van der Waals surface area (Å²) < 4.78 is 16.2. The van der Waals surface area contributed by atoms with Gasteiger partial charge in [0.25, 0.3) is 5.91 Å². The van der Waals surface area contributed by atoms with Gasteiger partial charge in [-0.2, -0.15) is 0 Å². The van der Waals surface area contributed by atoms with Crippen LogP contribution < -0.4 is 19.5 Å². The van der Waals surface area contributed by atoms with E-state index in [4.69, 9.17) is 14.2 Å². The molecule has 1 heterocycles. The average molecular weight is 306 g/mol. The maximum Gasteiger partial charge on any atom is 0.253 e. The quantitative estimate of drug-likeness (QED) is 0.860. The van der Waals surface area contributed by atoms with Crippen molar-refractivity contribution in [3.63, 3.8) is 0 Å². The molecule has 0 aliphatic carbocycles. The molecule has 120 valence electrons. The van der Waals surface area contributed by atoms with E-state index in [2.05, 4.69) is 10.3 Å². The molecule has 0 spiro atoms. The SMILES string of the molecule is CCC(C)NC(=O)c1c[nH]c2cc(OC)c(OC)c(OC)c12. The van der Waals surface area contributed by atoms with Crippen LogP contribution in [0.25, 0.3) is 10.9 Å². The van der Waals surface area contributed by atoms with Gasteiger partial charge >= 0.3 is 0 Å². The van der Waals surface area contributed by atoms with Crippen LogP contribution in [-0.2, 0) is 0 Å². The van der Waals surface area contributed by atoms with Crippen molar-refractivity contribution in [2.75, 3.05) is 21.3 Å². The molecule has 0 saturated carbocycles. The van der Waals surface area contributed by atoms with Crippen molar-refractivity contribution in [1.82, 2.24) is 10.3 Å². The second-order valence-electron chi connectivity index (χ2n) is 5.05. The van der Waals surface area contributed by atoms with Crippen molar-refractivity contribution in [1.29, 1.82) is 0 Å². The lowest BCUT2D eigenvalue weighted by atomic mass is 10.1. The summed E-state index contributed by atoms with van der Waals surface area (Å²) >= 11 is 0. The molecule has 0 bridgehead atoms. The van der Waals surface area contributed by atoms with Gasteiger partial charge in [-0.15, -0.1) is 0 Å². The number of benzene rings is 1. The summed E-state index contributed by atoms with van der Waals surface area (Å²) in [5.41, 5.74) is 1.27. The van der Waals surface area contributed by atoms with Gasteiger partial charge < -0.3 is 24.5 Å². The number of carbonyl (C=O) groups excluding carboxylic acids is 1. The Morgan fingerprint density at radius 1 is 1.23 bits per heavy atom. The zero-order chi connectivity index (χ0) is 16.3. The number of methoxy groups -OCH3 is 3. The van der Waals surface area contributed by atoms with E-state index in [1.54, 1.807) is 26.5 Å². The van der Waals surface area contributed by atoms with E-state index in [1.165, 1.54) is 7.11 Å². The Labute approximate surface area is 129 Å². The zero-order valence-corrected chi connectivity index (χ0v) is 13.6. The minimum atomic E-state index is -0.147. The van der Waals surface area contributed by atoms with Crippen molar-refractivity contribution in [2.45, 2.75) is 26.3 Å². The summed E-state index contributed by atoms with van der Waals surface area (Å²) in [5, 5.41) is 3.64. The standard InChI is InChI=1S/C16H22N2O4/c1-6-9(2)18-16(19)10-8-17-11-7-12(20-3)14(21-4)15(22-5)13(10)11/h7-9,17H,6H2,1-5H3,(H,18,19). The Balaban J connectivity index is 2.61. The summed E-state index contributed by atoms with van der Waals surface area (Å²) in [7, 11) is 4.64. The molecule has 1 aromatic heterocycles. The van der Waals surface area contributed by atoms with Gasteiger partial charge in [-0.25, -0.2) is 0 Å². The van der Waals surface area contributed by atoms with Crippen LogP contribution in [0.1, 0.15) is 30.6 Å². The number of rotatable bonds is 6. The highest BCUT2D eigenvalue weighted by molar-refractivity contribution is 6.10. The number of aromatic nitrogens is 1.